The van der Waals surface area contributed by atoms with E-state index in [4.69, 9.17) is 5.11 Å². The third kappa shape index (κ3) is 2.36. The largest absolute Gasteiger partial charge is 0.478 e. The van der Waals surface area contributed by atoms with E-state index in [9.17, 15) is 4.79 Å². The van der Waals surface area contributed by atoms with E-state index in [0.717, 1.165) is 0 Å². The van der Waals surface area contributed by atoms with Gasteiger partial charge in [0, 0.05) is 0 Å². The van der Waals surface area contributed by atoms with E-state index >= 15 is 0 Å². The van der Waals surface area contributed by atoms with Crippen LogP contribution in [0.3, 0.4) is 0 Å². The van der Waals surface area contributed by atoms with Gasteiger partial charge >= 0.3 is 5.97 Å². The molecule has 0 saturated carbocycles. The first-order chi connectivity index (χ1) is 8.51. The summed E-state index contributed by atoms with van der Waals surface area (Å²) in [7, 11) is -1.71. The molecule has 0 aliphatic heterocycles. The Balaban J connectivity index is 2.39. The summed E-state index contributed by atoms with van der Waals surface area (Å²) in [6.07, 6.45) is 0. The molecule has 0 amide bonds. The Labute approximate surface area is 108 Å². The first-order valence-corrected chi connectivity index (χ1v) is 8.91. The van der Waals surface area contributed by atoms with E-state index in [0.29, 0.717) is 5.56 Å². The van der Waals surface area contributed by atoms with Crippen molar-refractivity contribution in [2.75, 3.05) is 0 Å². The van der Waals surface area contributed by atoms with Crippen LogP contribution in [0.2, 0.25) is 13.1 Å². The van der Waals surface area contributed by atoms with Crippen molar-refractivity contribution in [3.63, 3.8) is 0 Å². The van der Waals surface area contributed by atoms with Gasteiger partial charge in [-0.05, 0) is 12.1 Å². The minimum absolute atomic E-state index is 0.344. The minimum atomic E-state index is -1.71. The third-order valence-electron chi connectivity index (χ3n) is 3.35. The van der Waals surface area contributed by atoms with E-state index in [2.05, 4.69) is 37.4 Å². The van der Waals surface area contributed by atoms with Gasteiger partial charge in [-0.25, -0.2) is 4.79 Å². The van der Waals surface area contributed by atoms with E-state index in [1.54, 1.807) is 12.1 Å². The predicted molar refractivity (Wildman–Crippen MR) is 76.6 cm³/mol. The molecule has 0 aliphatic carbocycles. The van der Waals surface area contributed by atoms with Crippen LogP contribution in [-0.4, -0.2) is 19.1 Å². The molecule has 18 heavy (non-hydrogen) atoms. The molecule has 1 N–H and O–H groups in total. The van der Waals surface area contributed by atoms with E-state index in [1.165, 1.54) is 10.4 Å². The molecule has 0 spiro atoms. The van der Waals surface area contributed by atoms with Gasteiger partial charge in [0.25, 0.3) is 0 Å². The maximum Gasteiger partial charge on any atom is 0.335 e. The molecule has 0 unspecified atom stereocenters. The zero-order valence-corrected chi connectivity index (χ0v) is 11.6. The number of benzene rings is 2. The number of rotatable bonds is 3. The second kappa shape index (κ2) is 4.78. The number of carbonyl (C=O) groups is 1. The summed E-state index contributed by atoms with van der Waals surface area (Å²) in [5.74, 6) is -0.874. The lowest BCUT2D eigenvalue weighted by Crippen LogP contribution is -2.52. The average Bonchev–Trinajstić information content (AvgIpc) is 2.40. The maximum atomic E-state index is 10.8. The summed E-state index contributed by atoms with van der Waals surface area (Å²) in [4.78, 5) is 10.8. The maximum absolute atomic E-state index is 10.8. The molecular weight excluding hydrogens is 240 g/mol. The first kappa shape index (κ1) is 12.6. The topological polar surface area (TPSA) is 37.3 Å². The smallest absolute Gasteiger partial charge is 0.335 e. The average molecular weight is 256 g/mol. The highest BCUT2D eigenvalue weighted by molar-refractivity contribution is 7.00. The van der Waals surface area contributed by atoms with Crippen molar-refractivity contribution in [2.24, 2.45) is 0 Å². The Hall–Kier alpha value is -1.87. The Morgan fingerprint density at radius 2 is 1.39 bits per heavy atom. The van der Waals surface area contributed by atoms with Crippen molar-refractivity contribution in [2.45, 2.75) is 13.1 Å². The van der Waals surface area contributed by atoms with Crippen LogP contribution in [0.15, 0.2) is 54.6 Å². The lowest BCUT2D eigenvalue weighted by molar-refractivity contribution is 0.0697. The molecule has 0 saturated heterocycles. The molecule has 0 radical (unpaired) electrons. The molecule has 0 heterocycles. The summed E-state index contributed by atoms with van der Waals surface area (Å²) in [5, 5.41) is 11.5. The second-order valence-corrected chi connectivity index (χ2v) is 9.28. The van der Waals surface area contributed by atoms with Crippen LogP contribution in [0.1, 0.15) is 10.4 Å². The lowest BCUT2D eigenvalue weighted by Gasteiger charge is -2.23. The molecule has 0 aliphatic rings. The summed E-state index contributed by atoms with van der Waals surface area (Å²) in [6.45, 7) is 4.55. The Bertz CT molecular complexity index is 544. The quantitative estimate of drug-likeness (QED) is 0.855. The highest BCUT2D eigenvalue weighted by Gasteiger charge is 2.25. The third-order valence-corrected chi connectivity index (χ3v) is 6.90. The first-order valence-electron chi connectivity index (χ1n) is 5.91. The van der Waals surface area contributed by atoms with Crippen molar-refractivity contribution in [3.8, 4) is 0 Å². The van der Waals surface area contributed by atoms with E-state index in [-0.39, 0.29) is 0 Å². The zero-order valence-electron chi connectivity index (χ0n) is 10.6. The summed E-state index contributed by atoms with van der Waals surface area (Å²) in [6, 6.07) is 17.7. The van der Waals surface area contributed by atoms with Gasteiger partial charge in [0.2, 0.25) is 0 Å². The van der Waals surface area contributed by atoms with Crippen LogP contribution in [0.25, 0.3) is 0 Å². The predicted octanol–water partition coefficient (Wildman–Crippen LogP) is 2.21. The molecule has 0 fully saturated rings. The molecule has 2 rings (SSSR count). The van der Waals surface area contributed by atoms with Gasteiger partial charge in [-0.15, -0.1) is 0 Å². The standard InChI is InChI=1S/C15H16O2Si/c1-18(2,13-6-4-3-5-7-13)14-10-8-12(9-11-14)15(16)17/h3-11H,1-2H3,(H,16,17). The molecule has 0 aromatic heterocycles. The lowest BCUT2D eigenvalue weighted by atomic mass is 10.2. The van der Waals surface area contributed by atoms with Crippen molar-refractivity contribution in [1.29, 1.82) is 0 Å². The van der Waals surface area contributed by atoms with Crippen molar-refractivity contribution in [3.05, 3.63) is 60.2 Å². The molecule has 0 bridgehead atoms. The highest BCUT2D eigenvalue weighted by Crippen LogP contribution is 2.06. The van der Waals surface area contributed by atoms with E-state index in [1.807, 2.05) is 18.2 Å². The number of aromatic carboxylic acids is 1. The molecule has 92 valence electrons. The fourth-order valence-corrected chi connectivity index (χ4v) is 4.41. The van der Waals surface area contributed by atoms with Crippen LogP contribution in [0.5, 0.6) is 0 Å². The van der Waals surface area contributed by atoms with Crippen molar-refractivity contribution < 1.29 is 9.90 Å². The normalized spacial score (nSPS) is 11.2. The van der Waals surface area contributed by atoms with Gasteiger partial charge in [0.1, 0.15) is 8.07 Å². The fourth-order valence-electron chi connectivity index (χ4n) is 2.05. The van der Waals surface area contributed by atoms with E-state index < -0.39 is 14.0 Å². The monoisotopic (exact) mass is 256 g/mol. The summed E-state index contributed by atoms with van der Waals surface area (Å²) < 4.78 is 0. The summed E-state index contributed by atoms with van der Waals surface area (Å²) >= 11 is 0. The molecule has 2 nitrogen and oxygen atoms in total. The van der Waals surface area contributed by atoms with Gasteiger partial charge < -0.3 is 5.11 Å². The Kier molecular flexibility index (Phi) is 3.34. The Morgan fingerprint density at radius 1 is 0.889 bits per heavy atom. The van der Waals surface area contributed by atoms with Crippen LogP contribution < -0.4 is 10.4 Å². The van der Waals surface area contributed by atoms with Crippen molar-refractivity contribution in [1.82, 2.24) is 0 Å². The molecule has 3 heteroatoms. The minimum Gasteiger partial charge on any atom is -0.478 e. The van der Waals surface area contributed by atoms with Gasteiger partial charge in [0.15, 0.2) is 0 Å². The van der Waals surface area contributed by atoms with Crippen LogP contribution >= 0.6 is 0 Å². The molecule has 2 aromatic rings. The molecular formula is C15H16O2Si. The SMILES string of the molecule is C[Si](C)(c1ccccc1)c1ccc(C(=O)O)cc1. The Morgan fingerprint density at radius 3 is 1.89 bits per heavy atom. The van der Waals surface area contributed by atoms with Gasteiger partial charge in [-0.3, -0.25) is 0 Å². The van der Waals surface area contributed by atoms with Gasteiger partial charge in [-0.2, -0.15) is 0 Å². The van der Waals surface area contributed by atoms with Gasteiger partial charge in [-0.1, -0.05) is 65.9 Å². The van der Waals surface area contributed by atoms with Crippen LogP contribution in [0, 0.1) is 0 Å². The summed E-state index contributed by atoms with van der Waals surface area (Å²) in [5.41, 5.74) is 0.344. The fraction of sp³-hybridized carbons (Fsp3) is 0.133. The second-order valence-electron chi connectivity index (χ2n) is 4.87. The number of hydrogen-bond donors (Lipinski definition) is 1. The zero-order chi connectivity index (χ0) is 13.2. The van der Waals surface area contributed by atoms with Crippen molar-refractivity contribution >= 4 is 24.4 Å². The number of carboxylic acid groups (broad SMARTS) is 1. The van der Waals surface area contributed by atoms with Crippen LogP contribution in [-0.2, 0) is 0 Å². The number of hydrogen-bond acceptors (Lipinski definition) is 1. The van der Waals surface area contributed by atoms with Crippen LogP contribution in [0.4, 0.5) is 0 Å². The molecule has 0 atom stereocenters. The van der Waals surface area contributed by atoms with Gasteiger partial charge in [0.05, 0.1) is 5.56 Å². The number of carboxylic acids is 1. The highest BCUT2D eigenvalue weighted by atomic mass is 28.3. The molecule has 2 aromatic carbocycles.